The highest BCUT2D eigenvalue weighted by Crippen LogP contribution is 2.33. The lowest BCUT2D eigenvalue weighted by Gasteiger charge is -2.32. The summed E-state index contributed by atoms with van der Waals surface area (Å²) in [5, 5.41) is 7.57. The minimum absolute atomic E-state index is 0.228. The van der Waals surface area contributed by atoms with Gasteiger partial charge in [0.25, 0.3) is 5.56 Å². The maximum absolute atomic E-state index is 13.0. The van der Waals surface area contributed by atoms with E-state index < -0.39 is 5.97 Å². The van der Waals surface area contributed by atoms with Crippen LogP contribution < -0.4 is 10.9 Å². The lowest BCUT2D eigenvalue weighted by Crippen LogP contribution is -2.35. The van der Waals surface area contributed by atoms with Crippen molar-refractivity contribution in [2.75, 3.05) is 51.8 Å². The Morgan fingerprint density at radius 3 is 2.83 bits per heavy atom. The Morgan fingerprint density at radius 1 is 1.23 bits per heavy atom. The highest BCUT2D eigenvalue weighted by atomic mass is 16.5. The van der Waals surface area contributed by atoms with Crippen LogP contribution in [0.25, 0.3) is 22.4 Å². The topological polar surface area (TPSA) is 130 Å². The van der Waals surface area contributed by atoms with Gasteiger partial charge in [-0.25, -0.2) is 9.78 Å². The number of methoxy groups -OCH3 is 1. The van der Waals surface area contributed by atoms with E-state index in [0.29, 0.717) is 48.3 Å². The molecule has 3 aromatic heterocycles. The predicted molar refractivity (Wildman–Crippen MR) is 154 cm³/mol. The molecule has 11 nitrogen and oxygen atoms in total. The summed E-state index contributed by atoms with van der Waals surface area (Å²) in [7, 11) is 1.75. The Hall–Kier alpha value is -3.96. The fraction of sp³-hybridized carbons (Fsp3) is 0.448. The van der Waals surface area contributed by atoms with E-state index in [4.69, 9.17) is 14.5 Å². The Balaban J connectivity index is 1.31. The van der Waals surface area contributed by atoms with Crippen molar-refractivity contribution >= 4 is 22.7 Å². The number of fused-ring (bicyclic) bond motifs is 1. The number of hydrogen-bond acceptors (Lipinski definition) is 8. The minimum Gasteiger partial charge on any atom is -0.462 e. The summed E-state index contributed by atoms with van der Waals surface area (Å²) in [5.41, 5.74) is 5.52. The van der Waals surface area contributed by atoms with Gasteiger partial charge in [-0.1, -0.05) is 6.07 Å². The second-order valence-electron chi connectivity index (χ2n) is 10.2. The van der Waals surface area contributed by atoms with Crippen LogP contribution in [0.2, 0.25) is 0 Å². The third kappa shape index (κ3) is 6.10. The Morgan fingerprint density at radius 2 is 2.05 bits per heavy atom. The van der Waals surface area contributed by atoms with Crippen molar-refractivity contribution in [2.24, 2.45) is 0 Å². The summed E-state index contributed by atoms with van der Waals surface area (Å²) in [6.07, 6.45) is 6.99. The van der Waals surface area contributed by atoms with E-state index in [1.54, 1.807) is 31.1 Å². The van der Waals surface area contributed by atoms with E-state index in [0.717, 1.165) is 55.7 Å². The zero-order valence-corrected chi connectivity index (χ0v) is 23.3. The molecule has 4 heterocycles. The van der Waals surface area contributed by atoms with Gasteiger partial charge in [0, 0.05) is 32.6 Å². The van der Waals surface area contributed by atoms with Crippen molar-refractivity contribution in [1.29, 1.82) is 0 Å². The number of benzene rings is 1. The number of nitrogens with one attached hydrogen (secondary N) is 3. The number of aryl methyl sites for hydroxylation is 1. The average Bonchev–Trinajstić information content (AvgIpc) is 3.60. The number of aromatic nitrogens is 5. The smallest absolute Gasteiger partial charge is 0.341 e. The molecule has 1 fully saturated rings. The summed E-state index contributed by atoms with van der Waals surface area (Å²) in [6.45, 7) is 9.02. The number of aromatic amines is 2. The summed E-state index contributed by atoms with van der Waals surface area (Å²) in [6, 6.07) is 6.26. The maximum Gasteiger partial charge on any atom is 0.341 e. The van der Waals surface area contributed by atoms with Gasteiger partial charge in [0.15, 0.2) is 0 Å². The van der Waals surface area contributed by atoms with Gasteiger partial charge in [0.1, 0.15) is 11.4 Å². The van der Waals surface area contributed by atoms with Crippen LogP contribution in [0.4, 0.5) is 5.69 Å². The third-order valence-corrected chi connectivity index (χ3v) is 7.47. The molecule has 0 unspecified atom stereocenters. The number of anilines is 1. The van der Waals surface area contributed by atoms with Gasteiger partial charge < -0.3 is 29.7 Å². The molecule has 3 N–H and O–H groups in total. The van der Waals surface area contributed by atoms with E-state index in [-0.39, 0.29) is 5.56 Å². The van der Waals surface area contributed by atoms with E-state index in [2.05, 4.69) is 44.3 Å². The predicted octanol–water partition coefficient (Wildman–Crippen LogP) is 3.54. The van der Waals surface area contributed by atoms with Gasteiger partial charge in [0.2, 0.25) is 0 Å². The number of nitrogens with zero attached hydrogens (tertiary/aromatic N) is 4. The van der Waals surface area contributed by atoms with Crippen LogP contribution in [0.1, 0.15) is 47.2 Å². The van der Waals surface area contributed by atoms with Gasteiger partial charge >= 0.3 is 5.97 Å². The van der Waals surface area contributed by atoms with Crippen molar-refractivity contribution in [3.8, 4) is 11.4 Å². The van der Waals surface area contributed by atoms with Gasteiger partial charge in [-0.15, -0.1) is 0 Å². The molecule has 0 radical (unpaired) electrons. The first-order chi connectivity index (χ1) is 19.5. The highest BCUT2D eigenvalue weighted by molar-refractivity contribution is 5.88. The quantitative estimate of drug-likeness (QED) is 0.243. The second-order valence-corrected chi connectivity index (χ2v) is 10.2. The third-order valence-electron chi connectivity index (χ3n) is 7.47. The van der Waals surface area contributed by atoms with Crippen LogP contribution in [0.3, 0.4) is 0 Å². The van der Waals surface area contributed by atoms with E-state index in [9.17, 15) is 9.59 Å². The SMILES string of the molecule is CCOC(=O)c1cnn(CCNc2cc[nH]c(=O)c2-c2nc3c(C)cc(C4CCN(CCOC)CC4)cc3[nH]2)c1. The molecular weight excluding hydrogens is 510 g/mol. The summed E-state index contributed by atoms with van der Waals surface area (Å²) < 4.78 is 11.9. The molecule has 1 aliphatic rings. The lowest BCUT2D eigenvalue weighted by atomic mass is 9.88. The van der Waals surface area contributed by atoms with Crippen LogP contribution in [-0.2, 0) is 16.0 Å². The molecule has 11 heteroatoms. The number of pyridine rings is 1. The molecule has 40 heavy (non-hydrogen) atoms. The summed E-state index contributed by atoms with van der Waals surface area (Å²) in [5.74, 6) is 0.629. The molecule has 0 atom stereocenters. The fourth-order valence-corrected chi connectivity index (χ4v) is 5.35. The van der Waals surface area contributed by atoms with E-state index >= 15 is 0 Å². The molecule has 0 bridgehead atoms. The van der Waals surface area contributed by atoms with Crippen molar-refractivity contribution in [3.63, 3.8) is 0 Å². The molecule has 4 aromatic rings. The number of esters is 1. The van der Waals surface area contributed by atoms with Crippen LogP contribution in [0.15, 0.2) is 41.6 Å². The average molecular weight is 548 g/mol. The van der Waals surface area contributed by atoms with Crippen molar-refractivity contribution < 1.29 is 14.3 Å². The number of likely N-dealkylation sites (tertiary alicyclic amines) is 1. The standard InChI is InChI=1S/C29H37N7O4/c1-4-40-29(38)22-17-32-36(18-22)12-9-30-23-5-8-31-28(37)25(23)27-33-24-16-21(15-19(2)26(24)34-27)20-6-10-35(11-7-20)13-14-39-3/h5,8,15-18,20H,4,6-7,9-14H2,1-3H3,(H,33,34)(H2,30,31,37). The molecule has 0 spiro atoms. The van der Waals surface area contributed by atoms with E-state index in [1.807, 2.05) is 6.07 Å². The number of carbonyl (C=O) groups is 1. The van der Waals surface area contributed by atoms with Crippen molar-refractivity contribution in [3.05, 3.63) is 63.8 Å². The van der Waals surface area contributed by atoms with Crippen LogP contribution in [0, 0.1) is 6.92 Å². The number of rotatable bonds is 11. The molecule has 0 saturated carbocycles. The van der Waals surface area contributed by atoms with Crippen molar-refractivity contribution in [1.82, 2.24) is 29.6 Å². The first-order valence-corrected chi connectivity index (χ1v) is 13.8. The molecule has 1 aliphatic heterocycles. The molecule has 1 saturated heterocycles. The maximum atomic E-state index is 13.0. The zero-order chi connectivity index (χ0) is 28.1. The van der Waals surface area contributed by atoms with Gasteiger partial charge in [-0.2, -0.15) is 5.10 Å². The van der Waals surface area contributed by atoms with E-state index in [1.165, 1.54) is 11.8 Å². The number of imidazole rings is 1. The first-order valence-electron chi connectivity index (χ1n) is 13.8. The lowest BCUT2D eigenvalue weighted by molar-refractivity contribution is 0.0526. The molecule has 212 valence electrons. The Labute approximate surface area is 232 Å². The molecule has 1 aromatic carbocycles. The largest absolute Gasteiger partial charge is 0.462 e. The molecule has 0 aliphatic carbocycles. The summed E-state index contributed by atoms with van der Waals surface area (Å²) >= 11 is 0. The normalized spacial score (nSPS) is 14.6. The molecular formula is C29H37N7O4. The molecule has 5 rings (SSSR count). The van der Waals surface area contributed by atoms with Gasteiger partial charge in [-0.05, 0) is 69.0 Å². The zero-order valence-electron chi connectivity index (χ0n) is 23.3. The summed E-state index contributed by atoms with van der Waals surface area (Å²) in [4.78, 5) is 38.4. The van der Waals surface area contributed by atoms with Crippen LogP contribution in [0.5, 0.6) is 0 Å². The van der Waals surface area contributed by atoms with Crippen molar-refractivity contribution in [2.45, 2.75) is 39.2 Å². The first kappa shape index (κ1) is 27.6. The minimum atomic E-state index is -0.394. The van der Waals surface area contributed by atoms with Crippen LogP contribution >= 0.6 is 0 Å². The van der Waals surface area contributed by atoms with Crippen LogP contribution in [-0.4, -0.2) is 82.1 Å². The highest BCUT2D eigenvalue weighted by Gasteiger charge is 2.22. The number of H-pyrrole nitrogens is 2. The Kier molecular flexibility index (Phi) is 8.61. The second kappa shape index (κ2) is 12.5. The number of piperidine rings is 1. The van der Waals surface area contributed by atoms with Gasteiger partial charge in [0.05, 0.1) is 48.2 Å². The number of carbonyl (C=O) groups excluding carboxylic acids is 1. The number of hydrogen-bond donors (Lipinski definition) is 3. The Bertz CT molecular complexity index is 1510. The fourth-order valence-electron chi connectivity index (χ4n) is 5.35. The monoisotopic (exact) mass is 547 g/mol. The number of ether oxygens (including phenoxy) is 2. The van der Waals surface area contributed by atoms with Gasteiger partial charge in [-0.3, -0.25) is 9.48 Å². The molecule has 0 amide bonds.